The SMILES string of the molecule is CC(C)(CN)CCS(=O)c1ccc(S(C)(=O)=O)cc1. The lowest BCUT2D eigenvalue weighted by Gasteiger charge is -2.21. The van der Waals surface area contributed by atoms with Crippen molar-refractivity contribution in [3.05, 3.63) is 24.3 Å². The lowest BCUT2D eigenvalue weighted by atomic mass is 9.91. The van der Waals surface area contributed by atoms with Crippen molar-refractivity contribution in [1.29, 1.82) is 0 Å². The van der Waals surface area contributed by atoms with E-state index < -0.39 is 20.6 Å². The lowest BCUT2D eigenvalue weighted by Crippen LogP contribution is -2.25. The van der Waals surface area contributed by atoms with Crippen molar-refractivity contribution in [2.24, 2.45) is 11.1 Å². The zero-order chi connectivity index (χ0) is 14.7. The molecule has 1 aromatic rings. The summed E-state index contributed by atoms with van der Waals surface area (Å²) in [7, 11) is -4.32. The van der Waals surface area contributed by atoms with Crippen LogP contribution in [0.2, 0.25) is 0 Å². The third-order valence-corrected chi connectivity index (χ3v) is 5.53. The molecule has 0 saturated heterocycles. The third-order valence-electron chi connectivity index (χ3n) is 3.03. The van der Waals surface area contributed by atoms with Crippen LogP contribution in [0.15, 0.2) is 34.1 Å². The molecule has 1 rings (SSSR count). The fraction of sp³-hybridized carbons (Fsp3) is 0.538. The summed E-state index contributed by atoms with van der Waals surface area (Å²) in [6, 6.07) is 6.22. The monoisotopic (exact) mass is 303 g/mol. The van der Waals surface area contributed by atoms with Gasteiger partial charge in [0.15, 0.2) is 9.84 Å². The summed E-state index contributed by atoms with van der Waals surface area (Å²) in [4.78, 5) is 0.899. The molecule has 1 atom stereocenters. The molecule has 1 aromatic carbocycles. The first-order chi connectivity index (χ1) is 8.65. The third kappa shape index (κ3) is 5.04. The second-order valence-electron chi connectivity index (χ2n) is 5.41. The van der Waals surface area contributed by atoms with Gasteiger partial charge >= 0.3 is 0 Å². The Labute approximate surface area is 117 Å². The van der Waals surface area contributed by atoms with Gasteiger partial charge in [0, 0.05) is 16.9 Å². The maximum atomic E-state index is 12.1. The van der Waals surface area contributed by atoms with E-state index in [4.69, 9.17) is 5.73 Å². The summed E-state index contributed by atoms with van der Waals surface area (Å²) in [5, 5.41) is 0. The number of hydrogen-bond donors (Lipinski definition) is 1. The molecule has 0 spiro atoms. The van der Waals surface area contributed by atoms with Gasteiger partial charge in [-0.05, 0) is 42.6 Å². The van der Waals surface area contributed by atoms with Crippen LogP contribution in [0, 0.1) is 5.41 Å². The van der Waals surface area contributed by atoms with E-state index in [0.717, 1.165) is 12.7 Å². The Balaban J connectivity index is 2.74. The van der Waals surface area contributed by atoms with Crippen molar-refractivity contribution >= 4 is 20.6 Å². The van der Waals surface area contributed by atoms with E-state index in [-0.39, 0.29) is 10.3 Å². The average Bonchev–Trinajstić information content (AvgIpc) is 2.35. The van der Waals surface area contributed by atoms with Gasteiger partial charge in [-0.2, -0.15) is 0 Å². The maximum absolute atomic E-state index is 12.1. The van der Waals surface area contributed by atoms with Gasteiger partial charge in [0.1, 0.15) is 0 Å². The Kier molecular flexibility index (Phi) is 5.29. The largest absolute Gasteiger partial charge is 0.330 e. The molecule has 1 unspecified atom stereocenters. The minimum Gasteiger partial charge on any atom is -0.330 e. The molecule has 0 saturated carbocycles. The highest BCUT2D eigenvalue weighted by Crippen LogP contribution is 2.21. The Hall–Kier alpha value is -0.720. The van der Waals surface area contributed by atoms with Gasteiger partial charge in [-0.1, -0.05) is 13.8 Å². The number of sulfone groups is 1. The summed E-state index contributed by atoms with van der Waals surface area (Å²) in [5.74, 6) is 0.530. The van der Waals surface area contributed by atoms with Crippen LogP contribution >= 0.6 is 0 Å². The fourth-order valence-corrected chi connectivity index (χ4v) is 3.47. The van der Waals surface area contributed by atoms with Crippen molar-refractivity contribution in [2.45, 2.75) is 30.1 Å². The van der Waals surface area contributed by atoms with Gasteiger partial charge < -0.3 is 5.73 Å². The van der Waals surface area contributed by atoms with E-state index in [0.29, 0.717) is 17.2 Å². The van der Waals surface area contributed by atoms with Crippen molar-refractivity contribution in [3.8, 4) is 0 Å². The summed E-state index contributed by atoms with van der Waals surface area (Å²) in [5.41, 5.74) is 5.61. The average molecular weight is 303 g/mol. The van der Waals surface area contributed by atoms with Gasteiger partial charge in [-0.25, -0.2) is 8.42 Å². The van der Waals surface area contributed by atoms with Crippen molar-refractivity contribution < 1.29 is 12.6 Å². The van der Waals surface area contributed by atoms with Gasteiger partial charge in [0.25, 0.3) is 0 Å². The first-order valence-electron chi connectivity index (χ1n) is 6.04. The first-order valence-corrected chi connectivity index (χ1v) is 9.25. The maximum Gasteiger partial charge on any atom is 0.175 e. The molecule has 0 heterocycles. The summed E-state index contributed by atoms with van der Waals surface area (Å²) in [6.07, 6.45) is 1.92. The second-order valence-corrected chi connectivity index (χ2v) is 9.00. The summed E-state index contributed by atoms with van der Waals surface area (Å²) >= 11 is 0. The molecular weight excluding hydrogens is 282 g/mol. The van der Waals surface area contributed by atoms with Crippen LogP contribution in [0.5, 0.6) is 0 Å². The number of rotatable bonds is 6. The molecular formula is C13H21NO3S2. The molecule has 0 aromatic heterocycles. The highest BCUT2D eigenvalue weighted by Gasteiger charge is 2.17. The molecule has 0 fully saturated rings. The van der Waals surface area contributed by atoms with E-state index in [1.54, 1.807) is 12.1 Å². The van der Waals surface area contributed by atoms with E-state index >= 15 is 0 Å². The standard InChI is InChI=1S/C13H21NO3S2/c1-13(2,10-14)8-9-18(15)11-4-6-12(7-5-11)19(3,16)17/h4-7H,8-10,14H2,1-3H3. The zero-order valence-corrected chi connectivity index (χ0v) is 13.2. The smallest absolute Gasteiger partial charge is 0.175 e. The molecule has 0 aliphatic heterocycles. The van der Waals surface area contributed by atoms with Crippen LogP contribution in [0.4, 0.5) is 0 Å². The normalized spacial score (nSPS) is 14.3. The molecule has 0 radical (unpaired) electrons. The molecule has 0 bridgehead atoms. The zero-order valence-electron chi connectivity index (χ0n) is 11.5. The van der Waals surface area contributed by atoms with Crippen molar-refractivity contribution in [1.82, 2.24) is 0 Å². The number of nitrogens with two attached hydrogens (primary N) is 1. The second kappa shape index (κ2) is 6.15. The van der Waals surface area contributed by atoms with E-state index in [1.165, 1.54) is 12.1 Å². The predicted molar refractivity (Wildman–Crippen MR) is 78.3 cm³/mol. The minimum absolute atomic E-state index is 0.0254. The van der Waals surface area contributed by atoms with Crippen LogP contribution < -0.4 is 5.73 Å². The molecule has 19 heavy (non-hydrogen) atoms. The Morgan fingerprint density at radius 2 is 1.74 bits per heavy atom. The molecule has 108 valence electrons. The van der Waals surface area contributed by atoms with Crippen molar-refractivity contribution in [3.63, 3.8) is 0 Å². The topological polar surface area (TPSA) is 77.2 Å². The lowest BCUT2D eigenvalue weighted by molar-refractivity contribution is 0.367. The quantitative estimate of drug-likeness (QED) is 0.865. The van der Waals surface area contributed by atoms with Crippen molar-refractivity contribution in [2.75, 3.05) is 18.6 Å². The minimum atomic E-state index is -3.20. The van der Waals surface area contributed by atoms with Crippen LogP contribution in [0.3, 0.4) is 0 Å². The molecule has 6 heteroatoms. The van der Waals surface area contributed by atoms with E-state index in [2.05, 4.69) is 0 Å². The molecule has 0 aliphatic rings. The van der Waals surface area contributed by atoms with E-state index in [1.807, 2.05) is 13.8 Å². The van der Waals surface area contributed by atoms with Crippen LogP contribution in [0.25, 0.3) is 0 Å². The number of hydrogen-bond acceptors (Lipinski definition) is 4. The van der Waals surface area contributed by atoms with E-state index in [9.17, 15) is 12.6 Å². The van der Waals surface area contributed by atoms with Gasteiger partial charge in [-0.3, -0.25) is 4.21 Å². The van der Waals surface area contributed by atoms with Crippen LogP contribution in [0.1, 0.15) is 20.3 Å². The molecule has 2 N–H and O–H groups in total. The molecule has 4 nitrogen and oxygen atoms in total. The Morgan fingerprint density at radius 3 is 2.16 bits per heavy atom. The molecule has 0 amide bonds. The van der Waals surface area contributed by atoms with Gasteiger partial charge in [-0.15, -0.1) is 0 Å². The Bertz CT molecular complexity index is 548. The van der Waals surface area contributed by atoms with Crippen LogP contribution in [-0.2, 0) is 20.6 Å². The van der Waals surface area contributed by atoms with Crippen LogP contribution in [-0.4, -0.2) is 31.2 Å². The summed E-state index contributed by atoms with van der Waals surface area (Å²) < 4.78 is 34.7. The van der Waals surface area contributed by atoms with Gasteiger partial charge in [0.05, 0.1) is 15.7 Å². The summed E-state index contributed by atoms with van der Waals surface area (Å²) in [6.45, 7) is 4.63. The fourth-order valence-electron chi connectivity index (χ4n) is 1.43. The highest BCUT2D eigenvalue weighted by atomic mass is 32.2. The highest BCUT2D eigenvalue weighted by molar-refractivity contribution is 7.90. The number of benzene rings is 1. The predicted octanol–water partition coefficient (Wildman–Crippen LogP) is 1.57. The van der Waals surface area contributed by atoms with Gasteiger partial charge in [0.2, 0.25) is 0 Å². The first kappa shape index (κ1) is 16.3. The molecule has 0 aliphatic carbocycles. The Morgan fingerprint density at radius 1 is 1.21 bits per heavy atom.